The SMILES string of the molecule is NC1(CO)CCN(c2cccc(Br)c2)C1. The zero-order valence-corrected chi connectivity index (χ0v) is 10.1. The van der Waals surface area contributed by atoms with Crippen molar-refractivity contribution in [2.75, 3.05) is 24.6 Å². The van der Waals surface area contributed by atoms with Crippen LogP contribution in [0.5, 0.6) is 0 Å². The van der Waals surface area contributed by atoms with E-state index in [0.29, 0.717) is 0 Å². The van der Waals surface area contributed by atoms with Crippen molar-refractivity contribution in [3.63, 3.8) is 0 Å². The number of hydrogen-bond donors (Lipinski definition) is 2. The monoisotopic (exact) mass is 270 g/mol. The highest BCUT2D eigenvalue weighted by molar-refractivity contribution is 9.10. The molecule has 3 nitrogen and oxygen atoms in total. The number of anilines is 1. The Bertz CT molecular complexity index is 358. The van der Waals surface area contributed by atoms with Gasteiger partial charge in [0, 0.05) is 23.2 Å². The molecule has 0 spiro atoms. The minimum absolute atomic E-state index is 0.0531. The quantitative estimate of drug-likeness (QED) is 0.853. The molecule has 1 aromatic carbocycles. The van der Waals surface area contributed by atoms with Gasteiger partial charge in [-0.2, -0.15) is 0 Å². The Morgan fingerprint density at radius 1 is 1.53 bits per heavy atom. The van der Waals surface area contributed by atoms with Crippen LogP contribution in [0.15, 0.2) is 28.7 Å². The molecule has 0 bridgehead atoms. The van der Waals surface area contributed by atoms with E-state index < -0.39 is 5.54 Å². The summed E-state index contributed by atoms with van der Waals surface area (Å²) in [4.78, 5) is 2.21. The molecule has 1 unspecified atom stereocenters. The molecule has 0 aromatic heterocycles. The summed E-state index contributed by atoms with van der Waals surface area (Å²) in [7, 11) is 0. The van der Waals surface area contributed by atoms with Gasteiger partial charge in [-0.1, -0.05) is 22.0 Å². The number of benzene rings is 1. The second-order valence-electron chi connectivity index (χ2n) is 4.17. The van der Waals surface area contributed by atoms with E-state index in [1.165, 1.54) is 0 Å². The molecule has 15 heavy (non-hydrogen) atoms. The van der Waals surface area contributed by atoms with Crippen molar-refractivity contribution in [1.29, 1.82) is 0 Å². The minimum Gasteiger partial charge on any atom is -0.394 e. The van der Waals surface area contributed by atoms with E-state index in [4.69, 9.17) is 5.73 Å². The summed E-state index contributed by atoms with van der Waals surface area (Å²) in [5.74, 6) is 0. The third kappa shape index (κ3) is 2.33. The van der Waals surface area contributed by atoms with E-state index >= 15 is 0 Å². The van der Waals surface area contributed by atoms with Crippen molar-refractivity contribution in [3.8, 4) is 0 Å². The molecule has 1 heterocycles. The molecule has 0 amide bonds. The van der Waals surface area contributed by atoms with Crippen LogP contribution in [-0.4, -0.2) is 30.3 Å². The maximum Gasteiger partial charge on any atom is 0.0629 e. The van der Waals surface area contributed by atoms with Crippen LogP contribution in [0.3, 0.4) is 0 Å². The van der Waals surface area contributed by atoms with Crippen LogP contribution in [0, 0.1) is 0 Å². The normalized spacial score (nSPS) is 25.9. The standard InChI is InChI=1S/C11H15BrN2O/c12-9-2-1-3-10(6-9)14-5-4-11(13,7-14)8-15/h1-3,6,15H,4-5,7-8,13H2. The van der Waals surface area contributed by atoms with Crippen molar-refractivity contribution in [3.05, 3.63) is 28.7 Å². The van der Waals surface area contributed by atoms with Gasteiger partial charge < -0.3 is 15.7 Å². The fourth-order valence-corrected chi connectivity index (χ4v) is 2.31. The predicted octanol–water partition coefficient (Wildman–Crippen LogP) is 1.35. The third-order valence-corrected chi connectivity index (χ3v) is 3.37. The molecule has 0 radical (unpaired) electrons. The van der Waals surface area contributed by atoms with Gasteiger partial charge in [-0.3, -0.25) is 0 Å². The number of hydrogen-bond acceptors (Lipinski definition) is 3. The highest BCUT2D eigenvalue weighted by Gasteiger charge is 2.33. The van der Waals surface area contributed by atoms with Crippen molar-refractivity contribution in [1.82, 2.24) is 0 Å². The number of halogens is 1. The highest BCUT2D eigenvalue weighted by Crippen LogP contribution is 2.26. The van der Waals surface area contributed by atoms with Crippen LogP contribution in [0.4, 0.5) is 5.69 Å². The molecule has 0 aliphatic carbocycles. The summed E-state index contributed by atoms with van der Waals surface area (Å²) >= 11 is 3.45. The first-order valence-electron chi connectivity index (χ1n) is 5.03. The predicted molar refractivity (Wildman–Crippen MR) is 65.0 cm³/mol. The number of aliphatic hydroxyl groups excluding tert-OH is 1. The first kappa shape index (κ1) is 10.9. The Labute approximate surface area is 98.0 Å². The lowest BCUT2D eigenvalue weighted by atomic mass is 10.0. The smallest absolute Gasteiger partial charge is 0.0629 e. The Kier molecular flexibility index (Phi) is 3.00. The minimum atomic E-state index is -0.428. The average Bonchev–Trinajstić information content (AvgIpc) is 2.62. The summed E-state index contributed by atoms with van der Waals surface area (Å²) in [5.41, 5.74) is 6.75. The Balaban J connectivity index is 2.14. The first-order valence-corrected chi connectivity index (χ1v) is 5.82. The van der Waals surface area contributed by atoms with Crippen LogP contribution >= 0.6 is 15.9 Å². The Morgan fingerprint density at radius 3 is 2.93 bits per heavy atom. The fourth-order valence-electron chi connectivity index (χ4n) is 1.92. The molecular weight excluding hydrogens is 256 g/mol. The topological polar surface area (TPSA) is 49.5 Å². The molecule has 1 aromatic rings. The Hall–Kier alpha value is -0.580. The van der Waals surface area contributed by atoms with Crippen molar-refractivity contribution in [2.24, 2.45) is 5.73 Å². The van der Waals surface area contributed by atoms with Crippen molar-refractivity contribution >= 4 is 21.6 Å². The summed E-state index contributed by atoms with van der Waals surface area (Å²) in [6, 6.07) is 8.15. The zero-order valence-electron chi connectivity index (χ0n) is 8.49. The summed E-state index contributed by atoms with van der Waals surface area (Å²) in [6.45, 7) is 1.69. The molecule has 2 rings (SSSR count). The third-order valence-electron chi connectivity index (χ3n) is 2.87. The van der Waals surface area contributed by atoms with E-state index in [9.17, 15) is 5.11 Å². The van der Waals surface area contributed by atoms with Crippen molar-refractivity contribution in [2.45, 2.75) is 12.0 Å². The van der Waals surface area contributed by atoms with Crippen LogP contribution in [0.1, 0.15) is 6.42 Å². The Morgan fingerprint density at radius 2 is 2.33 bits per heavy atom. The zero-order chi connectivity index (χ0) is 10.9. The van der Waals surface area contributed by atoms with E-state index in [1.54, 1.807) is 0 Å². The van der Waals surface area contributed by atoms with Gasteiger partial charge in [-0.05, 0) is 24.6 Å². The number of rotatable bonds is 2. The molecule has 4 heteroatoms. The van der Waals surface area contributed by atoms with Gasteiger partial charge >= 0.3 is 0 Å². The number of nitrogens with zero attached hydrogens (tertiary/aromatic N) is 1. The van der Waals surface area contributed by atoms with E-state index in [1.807, 2.05) is 12.1 Å². The van der Waals surface area contributed by atoms with Crippen molar-refractivity contribution < 1.29 is 5.11 Å². The summed E-state index contributed by atoms with van der Waals surface area (Å²) < 4.78 is 1.07. The molecule has 0 saturated carbocycles. The van der Waals surface area contributed by atoms with Gasteiger partial charge in [-0.25, -0.2) is 0 Å². The van der Waals surface area contributed by atoms with Crippen LogP contribution in [0.25, 0.3) is 0 Å². The van der Waals surface area contributed by atoms with Gasteiger partial charge in [0.25, 0.3) is 0 Å². The summed E-state index contributed by atoms with van der Waals surface area (Å²) in [6.07, 6.45) is 0.843. The van der Waals surface area contributed by atoms with E-state index in [0.717, 1.165) is 29.7 Å². The van der Waals surface area contributed by atoms with E-state index in [-0.39, 0.29) is 6.61 Å². The van der Waals surface area contributed by atoms with Crippen LogP contribution < -0.4 is 10.6 Å². The molecule has 3 N–H and O–H groups in total. The lowest BCUT2D eigenvalue weighted by molar-refractivity contribution is 0.210. The van der Waals surface area contributed by atoms with Gasteiger partial charge in [0.15, 0.2) is 0 Å². The highest BCUT2D eigenvalue weighted by atomic mass is 79.9. The molecule has 1 atom stereocenters. The van der Waals surface area contributed by atoms with Gasteiger partial charge in [0.1, 0.15) is 0 Å². The van der Waals surface area contributed by atoms with Gasteiger partial charge in [-0.15, -0.1) is 0 Å². The molecule has 82 valence electrons. The number of aliphatic hydroxyl groups is 1. The number of nitrogens with two attached hydrogens (primary N) is 1. The second-order valence-corrected chi connectivity index (χ2v) is 5.09. The lowest BCUT2D eigenvalue weighted by Gasteiger charge is -2.23. The molecule has 1 fully saturated rings. The summed E-state index contributed by atoms with van der Waals surface area (Å²) in [5, 5.41) is 9.18. The van der Waals surface area contributed by atoms with Crippen LogP contribution in [-0.2, 0) is 0 Å². The lowest BCUT2D eigenvalue weighted by Crippen LogP contribution is -2.46. The molecular formula is C11H15BrN2O. The second kappa shape index (κ2) is 4.12. The van der Waals surface area contributed by atoms with E-state index in [2.05, 4.69) is 33.0 Å². The van der Waals surface area contributed by atoms with Crippen LogP contribution in [0.2, 0.25) is 0 Å². The molecule has 1 aliphatic heterocycles. The first-order chi connectivity index (χ1) is 7.13. The maximum atomic E-state index is 9.18. The maximum absolute atomic E-state index is 9.18. The fraction of sp³-hybridized carbons (Fsp3) is 0.455. The van der Waals surface area contributed by atoms with Gasteiger partial charge in [0.2, 0.25) is 0 Å². The molecule has 1 aliphatic rings. The average molecular weight is 271 g/mol. The largest absolute Gasteiger partial charge is 0.394 e. The van der Waals surface area contributed by atoms with Gasteiger partial charge in [0.05, 0.1) is 12.1 Å². The molecule has 1 saturated heterocycles.